The highest BCUT2D eigenvalue weighted by atomic mass is 127. The van der Waals surface area contributed by atoms with E-state index in [0.717, 1.165) is 18.3 Å². The second-order valence-corrected chi connectivity index (χ2v) is 5.87. The molecule has 0 amide bonds. The maximum absolute atomic E-state index is 6.12. The fourth-order valence-electron chi connectivity index (χ4n) is 2.78. The van der Waals surface area contributed by atoms with Crippen molar-refractivity contribution in [2.24, 2.45) is 4.99 Å². The molecule has 5 nitrogen and oxygen atoms in total. The van der Waals surface area contributed by atoms with Crippen molar-refractivity contribution < 1.29 is 9.47 Å². The summed E-state index contributed by atoms with van der Waals surface area (Å²) in [5.74, 6) is 1.75. The summed E-state index contributed by atoms with van der Waals surface area (Å²) < 4.78 is 11.1. The van der Waals surface area contributed by atoms with E-state index in [4.69, 9.17) is 9.47 Å². The molecular weight excluding hydrogens is 417 g/mol. The Morgan fingerprint density at radius 2 is 2.00 bits per heavy atom. The van der Waals surface area contributed by atoms with Gasteiger partial charge in [0.05, 0.1) is 12.7 Å². The van der Waals surface area contributed by atoms with E-state index in [1.165, 1.54) is 37.7 Å². The highest BCUT2D eigenvalue weighted by Crippen LogP contribution is 2.23. The SMILES string of the molecule is CN=C(NCCOC)NCc1cccc(OC2CCCCC2)c1.I. The van der Waals surface area contributed by atoms with Crippen molar-refractivity contribution in [2.45, 2.75) is 44.8 Å². The van der Waals surface area contributed by atoms with Gasteiger partial charge in [0.2, 0.25) is 0 Å². The Morgan fingerprint density at radius 3 is 2.71 bits per heavy atom. The molecule has 0 radical (unpaired) electrons. The molecule has 2 N–H and O–H groups in total. The van der Waals surface area contributed by atoms with Crippen LogP contribution in [0.2, 0.25) is 0 Å². The molecule has 0 heterocycles. The zero-order valence-corrected chi connectivity index (χ0v) is 17.0. The molecule has 136 valence electrons. The van der Waals surface area contributed by atoms with Gasteiger partial charge in [-0.3, -0.25) is 4.99 Å². The number of ether oxygens (including phenoxy) is 2. The van der Waals surface area contributed by atoms with Crippen molar-refractivity contribution in [1.29, 1.82) is 0 Å². The molecule has 2 rings (SSSR count). The Kier molecular flexibility index (Phi) is 10.8. The zero-order chi connectivity index (χ0) is 16.3. The van der Waals surface area contributed by atoms with Crippen molar-refractivity contribution in [3.63, 3.8) is 0 Å². The zero-order valence-electron chi connectivity index (χ0n) is 14.7. The summed E-state index contributed by atoms with van der Waals surface area (Å²) in [6.45, 7) is 2.11. The molecule has 0 aromatic heterocycles. The molecule has 1 aliphatic rings. The molecule has 0 spiro atoms. The largest absolute Gasteiger partial charge is 0.490 e. The first-order valence-electron chi connectivity index (χ1n) is 8.51. The molecule has 1 aromatic rings. The number of aliphatic imine (C=N–C) groups is 1. The summed E-state index contributed by atoms with van der Waals surface area (Å²) in [5.41, 5.74) is 1.19. The predicted octanol–water partition coefficient (Wildman–Crippen LogP) is 3.33. The van der Waals surface area contributed by atoms with Gasteiger partial charge in [0.1, 0.15) is 5.75 Å². The van der Waals surface area contributed by atoms with Gasteiger partial charge in [-0.05, 0) is 43.4 Å². The Bertz CT molecular complexity index is 491. The first-order valence-corrected chi connectivity index (χ1v) is 8.51. The lowest BCUT2D eigenvalue weighted by atomic mass is 9.98. The van der Waals surface area contributed by atoms with E-state index in [1.807, 2.05) is 6.07 Å². The van der Waals surface area contributed by atoms with Crippen molar-refractivity contribution in [3.8, 4) is 5.75 Å². The number of hydrogen-bond acceptors (Lipinski definition) is 3. The second-order valence-electron chi connectivity index (χ2n) is 5.87. The molecular formula is C18H30IN3O2. The van der Waals surface area contributed by atoms with E-state index in [9.17, 15) is 0 Å². The van der Waals surface area contributed by atoms with Gasteiger partial charge in [0, 0.05) is 27.2 Å². The molecule has 0 atom stereocenters. The van der Waals surface area contributed by atoms with Crippen LogP contribution in [-0.2, 0) is 11.3 Å². The standard InChI is InChI=1S/C18H29N3O2.HI/c1-19-18(20-11-12-22-2)21-14-15-7-6-10-17(13-15)23-16-8-4-3-5-9-16;/h6-7,10,13,16H,3-5,8-9,11-12,14H2,1-2H3,(H2,19,20,21);1H. The van der Waals surface area contributed by atoms with Gasteiger partial charge >= 0.3 is 0 Å². The Balaban J connectivity index is 0.00000288. The van der Waals surface area contributed by atoms with Crippen LogP contribution in [0, 0.1) is 0 Å². The van der Waals surface area contributed by atoms with Gasteiger partial charge in [-0.25, -0.2) is 0 Å². The Hall–Kier alpha value is -1.02. The number of nitrogens with one attached hydrogen (secondary N) is 2. The number of benzene rings is 1. The van der Waals surface area contributed by atoms with E-state index in [-0.39, 0.29) is 24.0 Å². The molecule has 0 bridgehead atoms. The highest BCUT2D eigenvalue weighted by molar-refractivity contribution is 14.0. The fraction of sp³-hybridized carbons (Fsp3) is 0.611. The quantitative estimate of drug-likeness (QED) is 0.292. The lowest BCUT2D eigenvalue weighted by Gasteiger charge is -2.23. The normalized spacial score (nSPS) is 15.5. The van der Waals surface area contributed by atoms with E-state index in [0.29, 0.717) is 19.3 Å². The number of nitrogens with zero attached hydrogens (tertiary/aromatic N) is 1. The Labute approximate surface area is 162 Å². The Morgan fingerprint density at radius 1 is 1.21 bits per heavy atom. The minimum Gasteiger partial charge on any atom is -0.490 e. The van der Waals surface area contributed by atoms with Crippen molar-refractivity contribution in [1.82, 2.24) is 10.6 Å². The van der Waals surface area contributed by atoms with Crippen LogP contribution in [0.4, 0.5) is 0 Å². The molecule has 1 fully saturated rings. The minimum atomic E-state index is 0. The number of halogens is 1. The number of rotatable bonds is 7. The second kappa shape index (κ2) is 12.4. The van der Waals surface area contributed by atoms with Crippen LogP contribution in [0.3, 0.4) is 0 Å². The third-order valence-corrected chi connectivity index (χ3v) is 4.04. The lowest BCUT2D eigenvalue weighted by Crippen LogP contribution is -2.38. The van der Waals surface area contributed by atoms with E-state index < -0.39 is 0 Å². The van der Waals surface area contributed by atoms with Crippen molar-refractivity contribution >= 4 is 29.9 Å². The van der Waals surface area contributed by atoms with Gasteiger partial charge in [0.25, 0.3) is 0 Å². The van der Waals surface area contributed by atoms with Gasteiger partial charge in [-0.1, -0.05) is 18.6 Å². The van der Waals surface area contributed by atoms with Crippen LogP contribution < -0.4 is 15.4 Å². The summed E-state index contributed by atoms with van der Waals surface area (Å²) in [6.07, 6.45) is 6.66. The van der Waals surface area contributed by atoms with Gasteiger partial charge in [0.15, 0.2) is 5.96 Å². The minimum absolute atomic E-state index is 0. The van der Waals surface area contributed by atoms with Gasteiger partial charge in [-0.2, -0.15) is 0 Å². The van der Waals surface area contributed by atoms with Crippen LogP contribution in [0.25, 0.3) is 0 Å². The average molecular weight is 447 g/mol. The van der Waals surface area contributed by atoms with Crippen LogP contribution >= 0.6 is 24.0 Å². The molecule has 24 heavy (non-hydrogen) atoms. The van der Waals surface area contributed by atoms with Crippen LogP contribution in [-0.4, -0.2) is 39.4 Å². The molecule has 0 aliphatic heterocycles. The summed E-state index contributed by atoms with van der Waals surface area (Å²) in [4.78, 5) is 4.20. The maximum Gasteiger partial charge on any atom is 0.191 e. The van der Waals surface area contributed by atoms with Gasteiger partial charge in [-0.15, -0.1) is 24.0 Å². The lowest BCUT2D eigenvalue weighted by molar-refractivity contribution is 0.155. The molecule has 0 unspecified atom stereocenters. The third-order valence-electron chi connectivity index (χ3n) is 4.04. The summed E-state index contributed by atoms with van der Waals surface area (Å²) in [6, 6.07) is 8.31. The molecule has 1 aromatic carbocycles. The summed E-state index contributed by atoms with van der Waals surface area (Å²) in [7, 11) is 3.46. The first kappa shape index (κ1) is 21.0. The van der Waals surface area contributed by atoms with E-state index >= 15 is 0 Å². The maximum atomic E-state index is 6.12. The number of hydrogen-bond donors (Lipinski definition) is 2. The summed E-state index contributed by atoms with van der Waals surface area (Å²) in [5, 5.41) is 6.51. The molecule has 0 saturated heterocycles. The predicted molar refractivity (Wildman–Crippen MR) is 109 cm³/mol. The van der Waals surface area contributed by atoms with Crippen LogP contribution in [0.15, 0.2) is 29.3 Å². The summed E-state index contributed by atoms with van der Waals surface area (Å²) >= 11 is 0. The monoisotopic (exact) mass is 447 g/mol. The van der Waals surface area contributed by atoms with E-state index in [1.54, 1.807) is 14.2 Å². The number of guanidine groups is 1. The van der Waals surface area contributed by atoms with E-state index in [2.05, 4.69) is 33.8 Å². The van der Waals surface area contributed by atoms with Crippen molar-refractivity contribution in [2.75, 3.05) is 27.3 Å². The molecule has 1 aliphatic carbocycles. The topological polar surface area (TPSA) is 54.9 Å². The highest BCUT2D eigenvalue weighted by Gasteiger charge is 2.14. The van der Waals surface area contributed by atoms with Crippen LogP contribution in [0.5, 0.6) is 5.75 Å². The fourth-order valence-corrected chi connectivity index (χ4v) is 2.78. The van der Waals surface area contributed by atoms with Gasteiger partial charge < -0.3 is 20.1 Å². The third kappa shape index (κ3) is 7.70. The van der Waals surface area contributed by atoms with Crippen molar-refractivity contribution in [3.05, 3.63) is 29.8 Å². The average Bonchev–Trinajstić information content (AvgIpc) is 2.59. The van der Waals surface area contributed by atoms with Crippen LogP contribution in [0.1, 0.15) is 37.7 Å². The molecule has 6 heteroatoms. The molecule has 1 saturated carbocycles. The smallest absolute Gasteiger partial charge is 0.191 e. The first-order chi connectivity index (χ1) is 11.3. The number of methoxy groups -OCH3 is 1.